The Hall–Kier alpha value is -2.44. The Balaban J connectivity index is 2.15. The molecular formula is C16H19N3O5S. The largest absolute Gasteiger partial charge is 0.383 e. The first-order valence-corrected chi connectivity index (χ1v) is 9.50. The molecule has 1 aromatic carbocycles. The van der Waals surface area contributed by atoms with Gasteiger partial charge in [-0.15, -0.1) is 0 Å². The van der Waals surface area contributed by atoms with Crippen molar-refractivity contribution in [2.75, 3.05) is 37.1 Å². The predicted molar refractivity (Wildman–Crippen MR) is 90.4 cm³/mol. The molecule has 1 saturated heterocycles. The monoisotopic (exact) mass is 365 g/mol. The number of sulfone groups is 1. The predicted octanol–water partition coefficient (Wildman–Crippen LogP) is 0.159. The lowest BCUT2D eigenvalue weighted by molar-refractivity contribution is -0.144. The van der Waals surface area contributed by atoms with Gasteiger partial charge in [-0.25, -0.2) is 8.42 Å². The molecule has 134 valence electrons. The van der Waals surface area contributed by atoms with Crippen LogP contribution in [0.4, 0.5) is 5.69 Å². The number of carbonyl (C=O) groups excluding carboxylic acids is 2. The van der Waals surface area contributed by atoms with Gasteiger partial charge in [-0.05, 0) is 18.6 Å². The summed E-state index contributed by atoms with van der Waals surface area (Å²) in [6.07, 6.45) is 0.292. The number of nitriles is 1. The first kappa shape index (κ1) is 18.9. The highest BCUT2D eigenvalue weighted by Crippen LogP contribution is 2.19. The Labute approximate surface area is 146 Å². The van der Waals surface area contributed by atoms with Crippen LogP contribution in [0.5, 0.6) is 0 Å². The number of para-hydroxylation sites is 1. The first-order valence-electron chi connectivity index (χ1n) is 7.68. The SMILES string of the molecule is COCCN(C(=O)C(=O)Nc1ccccc1C#N)C1CCS(=O)(=O)C1. The smallest absolute Gasteiger partial charge is 0.313 e. The molecule has 1 atom stereocenters. The number of ether oxygens (including phenoxy) is 1. The summed E-state index contributed by atoms with van der Waals surface area (Å²) in [5.74, 6) is -1.92. The van der Waals surface area contributed by atoms with E-state index in [0.717, 1.165) is 0 Å². The second kappa shape index (κ2) is 8.09. The summed E-state index contributed by atoms with van der Waals surface area (Å²) in [5, 5.41) is 11.5. The zero-order chi connectivity index (χ0) is 18.4. The molecule has 0 spiro atoms. The summed E-state index contributed by atoms with van der Waals surface area (Å²) in [6.45, 7) is 0.299. The van der Waals surface area contributed by atoms with E-state index in [4.69, 9.17) is 10.00 Å². The minimum Gasteiger partial charge on any atom is -0.383 e. The van der Waals surface area contributed by atoms with Crippen molar-refractivity contribution in [2.45, 2.75) is 12.5 Å². The van der Waals surface area contributed by atoms with E-state index in [9.17, 15) is 18.0 Å². The molecule has 2 rings (SSSR count). The third kappa shape index (κ3) is 4.78. The summed E-state index contributed by atoms with van der Waals surface area (Å²) in [7, 11) is -1.75. The van der Waals surface area contributed by atoms with Crippen LogP contribution >= 0.6 is 0 Å². The van der Waals surface area contributed by atoms with Crippen LogP contribution in [-0.2, 0) is 24.2 Å². The second-order valence-corrected chi connectivity index (χ2v) is 7.89. The molecule has 0 saturated carbocycles. The van der Waals surface area contributed by atoms with Crippen LogP contribution in [0.2, 0.25) is 0 Å². The van der Waals surface area contributed by atoms with Gasteiger partial charge in [0.15, 0.2) is 9.84 Å². The fourth-order valence-corrected chi connectivity index (χ4v) is 4.39. The maximum atomic E-state index is 12.5. The molecule has 1 fully saturated rings. The number of rotatable bonds is 5. The molecule has 1 aromatic rings. The third-order valence-corrected chi connectivity index (χ3v) is 5.69. The van der Waals surface area contributed by atoms with Gasteiger partial charge in [0.05, 0.1) is 29.4 Å². The number of nitrogens with one attached hydrogen (secondary N) is 1. The van der Waals surface area contributed by atoms with Crippen molar-refractivity contribution in [3.63, 3.8) is 0 Å². The number of amides is 2. The van der Waals surface area contributed by atoms with E-state index in [2.05, 4.69) is 5.32 Å². The van der Waals surface area contributed by atoms with Crippen LogP contribution in [0.15, 0.2) is 24.3 Å². The summed E-state index contributed by atoms with van der Waals surface area (Å²) < 4.78 is 28.3. The number of carbonyl (C=O) groups is 2. The van der Waals surface area contributed by atoms with Gasteiger partial charge in [0.1, 0.15) is 6.07 Å². The van der Waals surface area contributed by atoms with Crippen LogP contribution in [0.3, 0.4) is 0 Å². The van der Waals surface area contributed by atoms with Crippen LogP contribution in [0.25, 0.3) is 0 Å². The van der Waals surface area contributed by atoms with E-state index in [0.29, 0.717) is 6.42 Å². The van der Waals surface area contributed by atoms with Crippen LogP contribution in [-0.4, -0.2) is 62.9 Å². The van der Waals surface area contributed by atoms with Crippen molar-refractivity contribution in [3.8, 4) is 6.07 Å². The number of anilines is 1. The molecular weight excluding hydrogens is 346 g/mol. The van der Waals surface area contributed by atoms with Gasteiger partial charge >= 0.3 is 11.8 Å². The molecule has 1 aliphatic heterocycles. The minimum atomic E-state index is -3.20. The normalized spacial score (nSPS) is 18.3. The van der Waals surface area contributed by atoms with Crippen LogP contribution < -0.4 is 5.32 Å². The molecule has 0 aliphatic carbocycles. The summed E-state index contributed by atoms with van der Waals surface area (Å²) in [5.41, 5.74) is 0.463. The zero-order valence-electron chi connectivity index (χ0n) is 13.8. The van der Waals surface area contributed by atoms with Gasteiger partial charge in [-0.3, -0.25) is 9.59 Å². The Bertz CT molecular complexity index is 800. The van der Waals surface area contributed by atoms with Gasteiger partial charge in [0.2, 0.25) is 0 Å². The average Bonchev–Trinajstić information content (AvgIpc) is 2.95. The van der Waals surface area contributed by atoms with Crippen LogP contribution in [0.1, 0.15) is 12.0 Å². The van der Waals surface area contributed by atoms with Gasteiger partial charge in [-0.2, -0.15) is 5.26 Å². The van der Waals surface area contributed by atoms with Crippen molar-refractivity contribution in [1.82, 2.24) is 4.90 Å². The van der Waals surface area contributed by atoms with E-state index in [1.165, 1.54) is 24.1 Å². The third-order valence-electron chi connectivity index (χ3n) is 3.94. The fourth-order valence-electron chi connectivity index (χ4n) is 2.66. The number of hydrogen-bond donors (Lipinski definition) is 1. The molecule has 8 nitrogen and oxygen atoms in total. The lowest BCUT2D eigenvalue weighted by Crippen LogP contribution is -2.48. The van der Waals surface area contributed by atoms with Gasteiger partial charge in [0, 0.05) is 19.7 Å². The van der Waals surface area contributed by atoms with E-state index >= 15 is 0 Å². The van der Waals surface area contributed by atoms with E-state index < -0.39 is 27.7 Å². The molecule has 1 unspecified atom stereocenters. The molecule has 2 amide bonds. The molecule has 9 heteroatoms. The number of hydrogen-bond acceptors (Lipinski definition) is 6. The quantitative estimate of drug-likeness (QED) is 0.743. The lowest BCUT2D eigenvalue weighted by atomic mass is 10.2. The van der Waals surface area contributed by atoms with Crippen LogP contribution in [0, 0.1) is 11.3 Å². The van der Waals surface area contributed by atoms with E-state index in [-0.39, 0.29) is 35.9 Å². The summed E-state index contributed by atoms with van der Waals surface area (Å²) in [6, 6.07) is 7.69. The lowest BCUT2D eigenvalue weighted by Gasteiger charge is -2.27. The first-order chi connectivity index (χ1) is 11.9. The van der Waals surface area contributed by atoms with E-state index in [1.807, 2.05) is 6.07 Å². The van der Waals surface area contributed by atoms with E-state index in [1.54, 1.807) is 12.1 Å². The van der Waals surface area contributed by atoms with Crippen molar-refractivity contribution in [3.05, 3.63) is 29.8 Å². The van der Waals surface area contributed by atoms with Crippen molar-refractivity contribution in [1.29, 1.82) is 5.26 Å². The average molecular weight is 365 g/mol. The molecule has 0 aromatic heterocycles. The number of nitrogens with zero attached hydrogens (tertiary/aromatic N) is 2. The number of benzene rings is 1. The molecule has 1 heterocycles. The summed E-state index contributed by atoms with van der Waals surface area (Å²) in [4.78, 5) is 26.1. The van der Waals surface area contributed by atoms with Crippen molar-refractivity contribution in [2.24, 2.45) is 0 Å². The summed E-state index contributed by atoms with van der Waals surface area (Å²) >= 11 is 0. The maximum absolute atomic E-state index is 12.5. The topological polar surface area (TPSA) is 117 Å². The molecule has 0 radical (unpaired) electrons. The Morgan fingerprint density at radius 2 is 2.12 bits per heavy atom. The number of methoxy groups -OCH3 is 1. The van der Waals surface area contributed by atoms with Crippen molar-refractivity contribution >= 4 is 27.3 Å². The molecule has 1 aliphatic rings. The van der Waals surface area contributed by atoms with Gasteiger partial charge in [-0.1, -0.05) is 12.1 Å². The Morgan fingerprint density at radius 1 is 1.40 bits per heavy atom. The minimum absolute atomic E-state index is 0.00663. The highest BCUT2D eigenvalue weighted by Gasteiger charge is 2.36. The zero-order valence-corrected chi connectivity index (χ0v) is 14.6. The Kier molecular flexibility index (Phi) is 6.12. The van der Waals surface area contributed by atoms with Gasteiger partial charge < -0.3 is 15.0 Å². The second-order valence-electron chi connectivity index (χ2n) is 5.66. The highest BCUT2D eigenvalue weighted by molar-refractivity contribution is 7.91. The maximum Gasteiger partial charge on any atom is 0.313 e. The van der Waals surface area contributed by atoms with Crippen molar-refractivity contribution < 1.29 is 22.7 Å². The Morgan fingerprint density at radius 3 is 2.72 bits per heavy atom. The molecule has 1 N–H and O–H groups in total. The molecule has 0 bridgehead atoms. The highest BCUT2D eigenvalue weighted by atomic mass is 32.2. The van der Waals surface area contributed by atoms with Gasteiger partial charge in [0.25, 0.3) is 0 Å². The standard InChI is InChI=1S/C16H19N3O5S/c1-24-8-7-19(13-6-9-25(22,23)11-13)16(21)15(20)18-14-5-3-2-4-12(14)10-17/h2-5,13H,6-9,11H2,1H3,(H,18,20). The molecule has 25 heavy (non-hydrogen) atoms. The fraction of sp³-hybridized carbons (Fsp3) is 0.438.